The number of nitrogens with two attached hydrogens (primary N) is 1. The molecule has 0 aliphatic rings. The van der Waals surface area contributed by atoms with Crippen molar-refractivity contribution < 1.29 is 5.21 Å². The second kappa shape index (κ2) is 6.70. The molecule has 0 saturated carbocycles. The van der Waals surface area contributed by atoms with Gasteiger partial charge in [0.05, 0.1) is 6.54 Å². The molecule has 0 spiro atoms. The molecular formula is C11H16IN3O. The lowest BCUT2D eigenvalue weighted by atomic mass is 10.2. The van der Waals surface area contributed by atoms with E-state index in [0.717, 1.165) is 13.1 Å². The summed E-state index contributed by atoms with van der Waals surface area (Å²) in [5.74, 6) is 0.243. The van der Waals surface area contributed by atoms with Crippen molar-refractivity contribution in [2.75, 3.05) is 13.1 Å². The van der Waals surface area contributed by atoms with E-state index in [4.69, 9.17) is 10.9 Å². The van der Waals surface area contributed by atoms with Gasteiger partial charge in [0.1, 0.15) is 0 Å². The van der Waals surface area contributed by atoms with Gasteiger partial charge in [-0.05, 0) is 46.8 Å². The van der Waals surface area contributed by atoms with Crippen molar-refractivity contribution in [3.05, 3.63) is 33.4 Å². The van der Waals surface area contributed by atoms with E-state index in [0.29, 0.717) is 6.54 Å². The smallest absolute Gasteiger partial charge is 0.153 e. The zero-order chi connectivity index (χ0) is 12.0. The van der Waals surface area contributed by atoms with Crippen LogP contribution in [0.15, 0.2) is 29.4 Å². The maximum atomic E-state index is 8.52. The molecule has 5 heteroatoms. The Hall–Kier alpha value is -0.820. The molecule has 1 aromatic carbocycles. The Balaban J connectivity index is 2.59. The van der Waals surface area contributed by atoms with E-state index in [1.54, 1.807) is 0 Å². The van der Waals surface area contributed by atoms with Crippen LogP contribution in [0.2, 0.25) is 0 Å². The van der Waals surface area contributed by atoms with E-state index in [1.807, 2.05) is 0 Å². The first-order chi connectivity index (χ1) is 7.65. The zero-order valence-electron chi connectivity index (χ0n) is 9.23. The Morgan fingerprint density at radius 1 is 1.44 bits per heavy atom. The molecule has 1 aromatic rings. The number of oxime groups is 1. The predicted octanol–water partition coefficient (Wildman–Crippen LogP) is 1.86. The maximum Gasteiger partial charge on any atom is 0.153 e. The van der Waals surface area contributed by atoms with Gasteiger partial charge in [-0.1, -0.05) is 24.2 Å². The highest BCUT2D eigenvalue weighted by molar-refractivity contribution is 14.1. The number of nitrogens with zero attached hydrogens (tertiary/aromatic N) is 2. The fourth-order valence-electron chi connectivity index (χ4n) is 1.39. The first-order valence-corrected chi connectivity index (χ1v) is 6.16. The minimum Gasteiger partial charge on any atom is -0.409 e. The Morgan fingerprint density at radius 2 is 2.06 bits per heavy atom. The molecule has 0 unspecified atom stereocenters. The second-order valence-corrected chi connectivity index (χ2v) is 4.77. The highest BCUT2D eigenvalue weighted by Gasteiger charge is 2.05. The molecule has 3 N–H and O–H groups in total. The number of hydrogen-bond donors (Lipinski definition) is 2. The molecule has 4 nitrogen and oxygen atoms in total. The predicted molar refractivity (Wildman–Crippen MR) is 73.5 cm³/mol. The van der Waals surface area contributed by atoms with Crippen molar-refractivity contribution in [2.24, 2.45) is 10.9 Å². The zero-order valence-corrected chi connectivity index (χ0v) is 11.4. The van der Waals surface area contributed by atoms with Crippen molar-refractivity contribution in [3.63, 3.8) is 0 Å². The number of likely N-dealkylation sites (N-methyl/N-ethyl adjacent to an activating group) is 1. The topological polar surface area (TPSA) is 61.8 Å². The molecule has 88 valence electrons. The third-order valence-corrected chi connectivity index (χ3v) is 3.00. The first-order valence-electron chi connectivity index (χ1n) is 5.09. The van der Waals surface area contributed by atoms with Crippen LogP contribution in [-0.2, 0) is 6.54 Å². The van der Waals surface area contributed by atoms with Crippen molar-refractivity contribution in [1.82, 2.24) is 4.90 Å². The summed E-state index contributed by atoms with van der Waals surface area (Å²) in [6.07, 6.45) is 0. The molecule has 0 aliphatic heterocycles. The quantitative estimate of drug-likeness (QED) is 0.284. The van der Waals surface area contributed by atoms with Crippen LogP contribution < -0.4 is 5.73 Å². The van der Waals surface area contributed by atoms with Gasteiger partial charge in [0.15, 0.2) is 5.84 Å². The summed E-state index contributed by atoms with van der Waals surface area (Å²) in [5, 5.41) is 11.5. The average Bonchev–Trinajstić information content (AvgIpc) is 2.30. The van der Waals surface area contributed by atoms with Gasteiger partial charge >= 0.3 is 0 Å². The van der Waals surface area contributed by atoms with Crippen molar-refractivity contribution in [2.45, 2.75) is 13.5 Å². The SMILES string of the molecule is CCN(CC(N)=NO)Cc1ccc(I)cc1. The van der Waals surface area contributed by atoms with Crippen LogP contribution in [0.4, 0.5) is 0 Å². The normalized spacial score (nSPS) is 12.1. The summed E-state index contributed by atoms with van der Waals surface area (Å²) in [5.41, 5.74) is 6.71. The summed E-state index contributed by atoms with van der Waals surface area (Å²) in [6, 6.07) is 8.34. The molecule has 0 atom stereocenters. The Bertz CT molecular complexity index is 351. The molecule has 16 heavy (non-hydrogen) atoms. The Morgan fingerprint density at radius 3 is 2.56 bits per heavy atom. The summed E-state index contributed by atoms with van der Waals surface area (Å²) in [7, 11) is 0. The van der Waals surface area contributed by atoms with Crippen LogP contribution in [-0.4, -0.2) is 29.0 Å². The van der Waals surface area contributed by atoms with E-state index in [-0.39, 0.29) is 5.84 Å². The van der Waals surface area contributed by atoms with Gasteiger partial charge in [-0.15, -0.1) is 0 Å². The fraction of sp³-hybridized carbons (Fsp3) is 0.364. The lowest BCUT2D eigenvalue weighted by molar-refractivity contribution is 0.294. The third-order valence-electron chi connectivity index (χ3n) is 2.28. The first kappa shape index (κ1) is 13.2. The fourth-order valence-corrected chi connectivity index (χ4v) is 1.75. The summed E-state index contributed by atoms with van der Waals surface area (Å²) in [6.45, 7) is 4.21. The number of hydrogen-bond acceptors (Lipinski definition) is 3. The van der Waals surface area contributed by atoms with Crippen LogP contribution in [0.5, 0.6) is 0 Å². The van der Waals surface area contributed by atoms with E-state index in [9.17, 15) is 0 Å². The summed E-state index contributed by atoms with van der Waals surface area (Å²) < 4.78 is 1.22. The monoisotopic (exact) mass is 333 g/mol. The summed E-state index contributed by atoms with van der Waals surface area (Å²) in [4.78, 5) is 2.11. The van der Waals surface area contributed by atoms with Gasteiger partial charge in [0.25, 0.3) is 0 Å². The largest absolute Gasteiger partial charge is 0.409 e. The minimum atomic E-state index is 0.243. The highest BCUT2D eigenvalue weighted by atomic mass is 127. The second-order valence-electron chi connectivity index (χ2n) is 3.52. The molecule has 0 saturated heterocycles. The lowest BCUT2D eigenvalue weighted by Gasteiger charge is -2.19. The lowest BCUT2D eigenvalue weighted by Crippen LogP contribution is -2.33. The van der Waals surface area contributed by atoms with E-state index >= 15 is 0 Å². The van der Waals surface area contributed by atoms with Gasteiger partial charge in [0.2, 0.25) is 0 Å². The molecule has 0 bridgehead atoms. The molecule has 0 radical (unpaired) electrons. The molecule has 0 aliphatic carbocycles. The third kappa shape index (κ3) is 4.36. The van der Waals surface area contributed by atoms with Crippen LogP contribution >= 0.6 is 22.6 Å². The van der Waals surface area contributed by atoms with Gasteiger partial charge in [0, 0.05) is 10.1 Å². The number of benzene rings is 1. The number of amidine groups is 1. The molecule has 0 heterocycles. The van der Waals surface area contributed by atoms with Crippen LogP contribution in [0.1, 0.15) is 12.5 Å². The maximum absolute atomic E-state index is 8.52. The summed E-state index contributed by atoms with van der Waals surface area (Å²) >= 11 is 2.28. The highest BCUT2D eigenvalue weighted by Crippen LogP contribution is 2.09. The van der Waals surface area contributed by atoms with Crippen LogP contribution in [0.25, 0.3) is 0 Å². The van der Waals surface area contributed by atoms with E-state index < -0.39 is 0 Å². The van der Waals surface area contributed by atoms with Gasteiger partial charge < -0.3 is 10.9 Å². The molecule has 0 amide bonds. The van der Waals surface area contributed by atoms with Crippen LogP contribution in [0, 0.1) is 3.57 Å². The van der Waals surface area contributed by atoms with E-state index in [1.165, 1.54) is 9.13 Å². The Kier molecular flexibility index (Phi) is 5.54. The Labute approximate surface area is 109 Å². The average molecular weight is 333 g/mol. The van der Waals surface area contributed by atoms with E-state index in [2.05, 4.69) is 63.8 Å². The molecule has 0 fully saturated rings. The van der Waals surface area contributed by atoms with Crippen molar-refractivity contribution in [1.29, 1.82) is 0 Å². The molecular weight excluding hydrogens is 317 g/mol. The van der Waals surface area contributed by atoms with Crippen LogP contribution in [0.3, 0.4) is 0 Å². The minimum absolute atomic E-state index is 0.243. The molecule has 0 aromatic heterocycles. The van der Waals surface area contributed by atoms with Crippen molar-refractivity contribution >= 4 is 28.4 Å². The standard InChI is InChI=1S/C11H16IN3O/c1-2-15(8-11(13)14-16)7-9-3-5-10(12)6-4-9/h3-6,16H,2,7-8H2,1H3,(H2,13,14). The van der Waals surface area contributed by atoms with Gasteiger partial charge in [-0.2, -0.15) is 0 Å². The number of rotatable bonds is 5. The van der Waals surface area contributed by atoms with Gasteiger partial charge in [-0.3, -0.25) is 4.90 Å². The number of halogens is 1. The van der Waals surface area contributed by atoms with Gasteiger partial charge in [-0.25, -0.2) is 0 Å². The van der Waals surface area contributed by atoms with Crippen molar-refractivity contribution in [3.8, 4) is 0 Å². The molecule has 1 rings (SSSR count).